The SMILES string of the molecule is Cc1ccc(Cl)cc1NC(=O)CSc1cccc(NC(=O)c2ccccc2F)c1. The Morgan fingerprint density at radius 2 is 1.79 bits per heavy atom. The minimum Gasteiger partial charge on any atom is -0.325 e. The van der Waals surface area contributed by atoms with E-state index in [0.29, 0.717) is 16.4 Å². The molecule has 0 atom stereocenters. The molecular weight excluding hydrogens is 411 g/mol. The van der Waals surface area contributed by atoms with Crippen molar-refractivity contribution in [2.24, 2.45) is 0 Å². The van der Waals surface area contributed by atoms with Gasteiger partial charge < -0.3 is 10.6 Å². The molecule has 3 aromatic rings. The fourth-order valence-corrected chi connectivity index (χ4v) is 3.50. The van der Waals surface area contributed by atoms with E-state index in [1.165, 1.54) is 30.0 Å². The zero-order valence-corrected chi connectivity index (χ0v) is 17.1. The molecule has 0 saturated heterocycles. The summed E-state index contributed by atoms with van der Waals surface area (Å²) >= 11 is 7.30. The van der Waals surface area contributed by atoms with Gasteiger partial charge in [0.25, 0.3) is 5.91 Å². The highest BCUT2D eigenvalue weighted by molar-refractivity contribution is 8.00. The number of carbonyl (C=O) groups is 2. The molecule has 0 aliphatic carbocycles. The van der Waals surface area contributed by atoms with Gasteiger partial charge in [-0.2, -0.15) is 0 Å². The van der Waals surface area contributed by atoms with Crippen LogP contribution in [0.15, 0.2) is 71.6 Å². The van der Waals surface area contributed by atoms with Crippen LogP contribution < -0.4 is 10.6 Å². The standard InChI is InChI=1S/C22H18ClFN2O2S/c1-14-9-10-15(23)11-20(14)26-21(27)13-29-17-6-4-5-16(12-17)25-22(28)18-7-2-3-8-19(18)24/h2-12H,13H2,1H3,(H,25,28)(H,26,27). The fourth-order valence-electron chi connectivity index (χ4n) is 2.57. The molecule has 29 heavy (non-hydrogen) atoms. The summed E-state index contributed by atoms with van der Waals surface area (Å²) in [4.78, 5) is 25.3. The molecule has 2 N–H and O–H groups in total. The number of anilines is 2. The minimum atomic E-state index is -0.580. The predicted molar refractivity (Wildman–Crippen MR) is 116 cm³/mol. The molecule has 0 heterocycles. The molecule has 0 unspecified atom stereocenters. The molecule has 0 radical (unpaired) electrons. The fraction of sp³-hybridized carbons (Fsp3) is 0.0909. The summed E-state index contributed by atoms with van der Waals surface area (Å²) < 4.78 is 13.7. The van der Waals surface area contributed by atoms with Crippen LogP contribution in [-0.2, 0) is 4.79 Å². The van der Waals surface area contributed by atoms with Crippen molar-refractivity contribution < 1.29 is 14.0 Å². The maximum absolute atomic E-state index is 13.7. The largest absolute Gasteiger partial charge is 0.325 e. The maximum atomic E-state index is 13.7. The first kappa shape index (κ1) is 20.9. The van der Waals surface area contributed by atoms with E-state index in [-0.39, 0.29) is 17.2 Å². The number of halogens is 2. The van der Waals surface area contributed by atoms with Crippen molar-refractivity contribution in [2.75, 3.05) is 16.4 Å². The molecule has 2 amide bonds. The van der Waals surface area contributed by atoms with E-state index in [9.17, 15) is 14.0 Å². The molecule has 3 rings (SSSR count). The molecule has 4 nitrogen and oxygen atoms in total. The highest BCUT2D eigenvalue weighted by atomic mass is 35.5. The Morgan fingerprint density at radius 1 is 1.00 bits per heavy atom. The van der Waals surface area contributed by atoms with Crippen LogP contribution in [0.5, 0.6) is 0 Å². The summed E-state index contributed by atoms with van der Waals surface area (Å²) in [5.74, 6) is -1.08. The number of nitrogens with one attached hydrogen (secondary N) is 2. The van der Waals surface area contributed by atoms with Gasteiger partial charge in [0.05, 0.1) is 11.3 Å². The van der Waals surface area contributed by atoms with Gasteiger partial charge in [-0.05, 0) is 55.0 Å². The van der Waals surface area contributed by atoms with Crippen LogP contribution in [0.4, 0.5) is 15.8 Å². The van der Waals surface area contributed by atoms with Crippen molar-refractivity contribution in [3.05, 3.63) is 88.7 Å². The first-order valence-electron chi connectivity index (χ1n) is 8.77. The second-order valence-corrected chi connectivity index (χ2v) is 7.74. The molecule has 3 aromatic carbocycles. The second-order valence-electron chi connectivity index (χ2n) is 6.26. The van der Waals surface area contributed by atoms with Crippen LogP contribution in [0.2, 0.25) is 5.02 Å². The van der Waals surface area contributed by atoms with Gasteiger partial charge in [0.1, 0.15) is 5.82 Å². The van der Waals surface area contributed by atoms with Gasteiger partial charge in [0.2, 0.25) is 5.91 Å². The van der Waals surface area contributed by atoms with Gasteiger partial charge in [0, 0.05) is 21.3 Å². The number of carbonyl (C=O) groups excluding carboxylic acids is 2. The highest BCUT2D eigenvalue weighted by Crippen LogP contribution is 2.24. The summed E-state index contributed by atoms with van der Waals surface area (Å²) in [5.41, 5.74) is 2.09. The zero-order chi connectivity index (χ0) is 20.8. The number of hydrogen-bond acceptors (Lipinski definition) is 3. The van der Waals surface area contributed by atoms with Crippen molar-refractivity contribution in [1.82, 2.24) is 0 Å². The Morgan fingerprint density at radius 3 is 2.59 bits per heavy atom. The van der Waals surface area contributed by atoms with E-state index in [2.05, 4.69) is 10.6 Å². The molecular formula is C22H18ClFN2O2S. The average molecular weight is 429 g/mol. The van der Waals surface area contributed by atoms with Crippen LogP contribution in [0.25, 0.3) is 0 Å². The maximum Gasteiger partial charge on any atom is 0.258 e. The molecule has 7 heteroatoms. The molecule has 0 aromatic heterocycles. The Bertz CT molecular complexity index is 1060. The molecule has 0 bridgehead atoms. The molecule has 0 aliphatic heterocycles. The monoisotopic (exact) mass is 428 g/mol. The lowest BCUT2D eigenvalue weighted by Gasteiger charge is -2.10. The Kier molecular flexibility index (Phi) is 6.90. The Hall–Kier alpha value is -2.83. The van der Waals surface area contributed by atoms with E-state index >= 15 is 0 Å². The summed E-state index contributed by atoms with van der Waals surface area (Å²) in [7, 11) is 0. The first-order valence-corrected chi connectivity index (χ1v) is 10.1. The van der Waals surface area contributed by atoms with Crippen molar-refractivity contribution >= 4 is 46.6 Å². The number of hydrogen-bond donors (Lipinski definition) is 2. The quantitative estimate of drug-likeness (QED) is 0.490. The van der Waals surface area contributed by atoms with Crippen LogP contribution in [0.1, 0.15) is 15.9 Å². The third-order valence-corrected chi connectivity index (χ3v) is 5.28. The van der Waals surface area contributed by atoms with Gasteiger partial charge in [-0.1, -0.05) is 35.9 Å². The molecule has 0 saturated carbocycles. The van der Waals surface area contributed by atoms with E-state index in [0.717, 1.165) is 10.5 Å². The van der Waals surface area contributed by atoms with Gasteiger partial charge in [-0.3, -0.25) is 9.59 Å². The van der Waals surface area contributed by atoms with Crippen LogP contribution >= 0.6 is 23.4 Å². The summed E-state index contributed by atoms with van der Waals surface area (Å²) in [6, 6.07) is 18.1. The Balaban J connectivity index is 1.60. The average Bonchev–Trinajstić information content (AvgIpc) is 2.70. The topological polar surface area (TPSA) is 58.2 Å². The van der Waals surface area contributed by atoms with Crippen molar-refractivity contribution in [2.45, 2.75) is 11.8 Å². The lowest BCUT2D eigenvalue weighted by Crippen LogP contribution is -2.15. The minimum absolute atomic E-state index is 0.0261. The summed E-state index contributed by atoms with van der Waals surface area (Å²) in [5, 5.41) is 6.07. The second kappa shape index (κ2) is 9.58. The molecule has 148 valence electrons. The lowest BCUT2D eigenvalue weighted by atomic mass is 10.2. The van der Waals surface area contributed by atoms with E-state index in [4.69, 9.17) is 11.6 Å². The third-order valence-electron chi connectivity index (χ3n) is 4.05. The molecule has 0 aliphatic rings. The van der Waals surface area contributed by atoms with E-state index in [1.807, 2.05) is 19.1 Å². The number of rotatable bonds is 6. The first-order chi connectivity index (χ1) is 13.9. The molecule has 0 fully saturated rings. The van der Waals surface area contributed by atoms with Crippen LogP contribution in [-0.4, -0.2) is 17.6 Å². The third kappa shape index (κ3) is 5.82. The van der Waals surface area contributed by atoms with Crippen LogP contribution in [0.3, 0.4) is 0 Å². The highest BCUT2D eigenvalue weighted by Gasteiger charge is 2.12. The van der Waals surface area contributed by atoms with Gasteiger partial charge in [0.15, 0.2) is 0 Å². The number of aryl methyl sites for hydroxylation is 1. The summed E-state index contributed by atoms with van der Waals surface area (Å²) in [6.45, 7) is 1.89. The number of amides is 2. The number of thioether (sulfide) groups is 1. The van der Waals surface area contributed by atoms with Crippen molar-refractivity contribution in [1.29, 1.82) is 0 Å². The van der Waals surface area contributed by atoms with Crippen molar-refractivity contribution in [3.63, 3.8) is 0 Å². The van der Waals surface area contributed by atoms with Crippen molar-refractivity contribution in [3.8, 4) is 0 Å². The van der Waals surface area contributed by atoms with Crippen LogP contribution in [0, 0.1) is 12.7 Å². The summed E-state index contributed by atoms with van der Waals surface area (Å²) in [6.07, 6.45) is 0. The molecule has 0 spiro atoms. The van der Waals surface area contributed by atoms with Gasteiger partial charge in [-0.15, -0.1) is 11.8 Å². The predicted octanol–water partition coefficient (Wildman–Crippen LogP) is 5.77. The smallest absolute Gasteiger partial charge is 0.258 e. The van der Waals surface area contributed by atoms with Gasteiger partial charge >= 0.3 is 0 Å². The lowest BCUT2D eigenvalue weighted by molar-refractivity contribution is -0.113. The van der Waals surface area contributed by atoms with E-state index in [1.54, 1.807) is 36.4 Å². The zero-order valence-electron chi connectivity index (χ0n) is 15.5. The normalized spacial score (nSPS) is 10.4. The van der Waals surface area contributed by atoms with Gasteiger partial charge in [-0.25, -0.2) is 4.39 Å². The number of benzene rings is 3. The van der Waals surface area contributed by atoms with E-state index < -0.39 is 11.7 Å². The Labute approximate surface area is 177 Å².